The molecule has 2 aliphatic rings. The molecule has 3 nitrogen and oxygen atoms in total. The van der Waals surface area contributed by atoms with Gasteiger partial charge >= 0.3 is 0 Å². The molecule has 2 aromatic rings. The van der Waals surface area contributed by atoms with Gasteiger partial charge in [-0.1, -0.05) is 60.7 Å². The summed E-state index contributed by atoms with van der Waals surface area (Å²) < 4.78 is 17.7. The Morgan fingerprint density at radius 3 is 2.22 bits per heavy atom. The molecule has 0 unspecified atom stereocenters. The summed E-state index contributed by atoms with van der Waals surface area (Å²) >= 11 is 0. The van der Waals surface area contributed by atoms with E-state index in [0.717, 1.165) is 13.0 Å². The Labute approximate surface area is 137 Å². The summed E-state index contributed by atoms with van der Waals surface area (Å²) in [4.78, 5) is 0. The quantitative estimate of drug-likeness (QED) is 0.733. The Morgan fingerprint density at radius 1 is 0.870 bits per heavy atom. The maximum atomic E-state index is 6.15. The van der Waals surface area contributed by atoms with Crippen molar-refractivity contribution in [3.63, 3.8) is 0 Å². The van der Waals surface area contributed by atoms with Crippen LogP contribution in [0.3, 0.4) is 0 Å². The Morgan fingerprint density at radius 2 is 1.52 bits per heavy atom. The lowest BCUT2D eigenvalue weighted by Gasteiger charge is -2.22. The zero-order chi connectivity index (χ0) is 15.5. The van der Waals surface area contributed by atoms with Crippen LogP contribution >= 0.6 is 0 Å². The number of ether oxygens (including phenoxy) is 3. The molecule has 1 aliphatic heterocycles. The molecule has 1 aliphatic carbocycles. The number of hydrogen-bond acceptors (Lipinski definition) is 3. The van der Waals surface area contributed by atoms with Crippen molar-refractivity contribution < 1.29 is 14.2 Å². The average molecular weight is 310 g/mol. The van der Waals surface area contributed by atoms with E-state index in [9.17, 15) is 0 Å². The van der Waals surface area contributed by atoms with E-state index < -0.39 is 0 Å². The van der Waals surface area contributed by atoms with Crippen molar-refractivity contribution in [2.45, 2.75) is 37.9 Å². The van der Waals surface area contributed by atoms with Gasteiger partial charge in [0, 0.05) is 5.92 Å². The van der Waals surface area contributed by atoms with Crippen molar-refractivity contribution >= 4 is 0 Å². The van der Waals surface area contributed by atoms with Gasteiger partial charge in [-0.25, -0.2) is 0 Å². The fourth-order valence-electron chi connectivity index (χ4n) is 3.40. The molecule has 0 spiro atoms. The van der Waals surface area contributed by atoms with Crippen molar-refractivity contribution in [2.75, 3.05) is 6.61 Å². The summed E-state index contributed by atoms with van der Waals surface area (Å²) in [6.45, 7) is 2.05. The van der Waals surface area contributed by atoms with Crippen LogP contribution in [0.1, 0.15) is 17.5 Å². The van der Waals surface area contributed by atoms with E-state index in [4.69, 9.17) is 14.2 Å². The second-order valence-electron chi connectivity index (χ2n) is 6.40. The summed E-state index contributed by atoms with van der Waals surface area (Å²) in [5, 5.41) is 0. The largest absolute Gasteiger partial charge is 0.376 e. The third-order valence-corrected chi connectivity index (χ3v) is 4.67. The molecule has 0 aromatic heterocycles. The second-order valence-corrected chi connectivity index (χ2v) is 6.40. The highest BCUT2D eigenvalue weighted by molar-refractivity contribution is 5.14. The predicted octanol–water partition coefficient (Wildman–Crippen LogP) is 3.58. The van der Waals surface area contributed by atoms with Crippen LogP contribution in [0.25, 0.3) is 0 Å². The average Bonchev–Trinajstić information content (AvgIpc) is 3.28. The number of hydrogen-bond donors (Lipinski definition) is 0. The lowest BCUT2D eigenvalue weighted by molar-refractivity contribution is -0.0470. The highest BCUT2D eigenvalue weighted by Gasteiger charge is 2.56. The van der Waals surface area contributed by atoms with Crippen LogP contribution in [0.5, 0.6) is 0 Å². The van der Waals surface area contributed by atoms with Gasteiger partial charge in [-0.05, 0) is 17.5 Å². The third-order valence-electron chi connectivity index (χ3n) is 4.67. The van der Waals surface area contributed by atoms with E-state index in [1.165, 1.54) is 11.1 Å². The Kier molecular flexibility index (Phi) is 4.42. The van der Waals surface area contributed by atoms with Gasteiger partial charge in [0.1, 0.15) is 6.10 Å². The van der Waals surface area contributed by atoms with Gasteiger partial charge in [-0.2, -0.15) is 0 Å². The number of benzene rings is 2. The van der Waals surface area contributed by atoms with Gasteiger partial charge in [0.05, 0.1) is 32.0 Å². The summed E-state index contributed by atoms with van der Waals surface area (Å²) in [6.07, 6.45) is 1.89. The van der Waals surface area contributed by atoms with E-state index in [-0.39, 0.29) is 12.2 Å². The molecule has 3 heteroatoms. The number of rotatable bonds is 7. The maximum absolute atomic E-state index is 6.15. The molecular weight excluding hydrogens is 288 g/mol. The lowest BCUT2D eigenvalue weighted by Crippen LogP contribution is -2.28. The Hall–Kier alpha value is -1.68. The highest BCUT2D eigenvalue weighted by Crippen LogP contribution is 2.44. The maximum Gasteiger partial charge on any atom is 0.111 e. The second kappa shape index (κ2) is 6.83. The first-order valence-electron chi connectivity index (χ1n) is 8.33. The minimum atomic E-state index is 0.163. The fourth-order valence-corrected chi connectivity index (χ4v) is 3.40. The third kappa shape index (κ3) is 3.63. The zero-order valence-corrected chi connectivity index (χ0v) is 13.1. The van der Waals surface area contributed by atoms with E-state index in [1.54, 1.807) is 0 Å². The van der Waals surface area contributed by atoms with Gasteiger partial charge in [-0.15, -0.1) is 0 Å². The van der Waals surface area contributed by atoms with Gasteiger partial charge in [0.25, 0.3) is 0 Å². The molecular formula is C20H22O3. The molecule has 0 radical (unpaired) electrons. The molecule has 0 amide bonds. The molecule has 4 rings (SSSR count). The summed E-state index contributed by atoms with van der Waals surface area (Å²) in [5.41, 5.74) is 2.43. The molecule has 1 saturated heterocycles. The van der Waals surface area contributed by atoms with Crippen LogP contribution in [-0.2, 0) is 27.4 Å². The van der Waals surface area contributed by atoms with Gasteiger partial charge in [0.2, 0.25) is 0 Å². The molecule has 2 fully saturated rings. The van der Waals surface area contributed by atoms with E-state index in [1.807, 2.05) is 36.4 Å². The molecule has 2 aromatic carbocycles. The normalized spacial score (nSPS) is 28.5. The lowest BCUT2D eigenvalue weighted by atomic mass is 10.1. The zero-order valence-electron chi connectivity index (χ0n) is 13.1. The van der Waals surface area contributed by atoms with E-state index in [2.05, 4.69) is 24.3 Å². The number of epoxide rings is 1. The van der Waals surface area contributed by atoms with Crippen molar-refractivity contribution in [3.8, 4) is 0 Å². The van der Waals surface area contributed by atoms with E-state index in [0.29, 0.717) is 25.2 Å². The van der Waals surface area contributed by atoms with Crippen LogP contribution in [-0.4, -0.2) is 24.9 Å². The standard InChI is InChI=1S/C20H22O3/c1-3-7-15(8-4-1)12-21-14-17-11-18-20(23-18)19(17)22-13-16-9-5-2-6-10-16/h1-10,17-20H,11-14H2/t17-,18+,19-,20+/m0/s1. The van der Waals surface area contributed by atoms with Crippen LogP contribution in [0.2, 0.25) is 0 Å². The monoisotopic (exact) mass is 310 g/mol. The number of fused-ring (bicyclic) bond motifs is 1. The first-order valence-corrected chi connectivity index (χ1v) is 8.33. The Bertz CT molecular complexity index is 613. The van der Waals surface area contributed by atoms with Gasteiger partial charge in [0.15, 0.2) is 0 Å². The van der Waals surface area contributed by atoms with Crippen LogP contribution < -0.4 is 0 Å². The van der Waals surface area contributed by atoms with Crippen LogP contribution in [0, 0.1) is 5.92 Å². The van der Waals surface area contributed by atoms with Crippen molar-refractivity contribution in [3.05, 3.63) is 71.8 Å². The molecule has 0 N–H and O–H groups in total. The fraction of sp³-hybridized carbons (Fsp3) is 0.400. The molecule has 1 heterocycles. The molecule has 120 valence electrons. The van der Waals surface area contributed by atoms with Crippen LogP contribution in [0.15, 0.2) is 60.7 Å². The highest BCUT2D eigenvalue weighted by atomic mass is 16.6. The van der Waals surface area contributed by atoms with Crippen molar-refractivity contribution in [1.82, 2.24) is 0 Å². The van der Waals surface area contributed by atoms with Crippen LogP contribution in [0.4, 0.5) is 0 Å². The van der Waals surface area contributed by atoms with Crippen molar-refractivity contribution in [2.24, 2.45) is 5.92 Å². The minimum absolute atomic E-state index is 0.163. The first kappa shape index (κ1) is 14.9. The van der Waals surface area contributed by atoms with Gasteiger partial charge < -0.3 is 14.2 Å². The first-order chi connectivity index (χ1) is 11.4. The molecule has 23 heavy (non-hydrogen) atoms. The minimum Gasteiger partial charge on any atom is -0.376 e. The Balaban J connectivity index is 1.28. The molecule has 0 bridgehead atoms. The summed E-state index contributed by atoms with van der Waals surface area (Å²) in [6, 6.07) is 20.6. The molecule has 4 atom stereocenters. The summed E-state index contributed by atoms with van der Waals surface area (Å²) in [5.74, 6) is 0.436. The van der Waals surface area contributed by atoms with E-state index >= 15 is 0 Å². The summed E-state index contributed by atoms with van der Waals surface area (Å²) in [7, 11) is 0. The molecule has 1 saturated carbocycles. The SMILES string of the molecule is c1ccc(COC[C@@H]2C[C@H]3O[C@H]3[C@H]2OCc2ccccc2)cc1. The topological polar surface area (TPSA) is 31.0 Å². The van der Waals surface area contributed by atoms with Gasteiger partial charge in [-0.3, -0.25) is 0 Å². The predicted molar refractivity (Wildman–Crippen MR) is 87.9 cm³/mol. The smallest absolute Gasteiger partial charge is 0.111 e. The van der Waals surface area contributed by atoms with Crippen molar-refractivity contribution in [1.29, 1.82) is 0 Å².